The quantitative estimate of drug-likeness (QED) is 0.751. The molecule has 18 heavy (non-hydrogen) atoms. The number of sulfonamides is 1. The highest BCUT2D eigenvalue weighted by atomic mass is 79.9. The number of aromatic nitrogens is 1. The van der Waals surface area contributed by atoms with Crippen molar-refractivity contribution in [3.05, 3.63) is 24.5 Å². The van der Waals surface area contributed by atoms with Crippen molar-refractivity contribution in [2.24, 2.45) is 0 Å². The van der Waals surface area contributed by atoms with E-state index >= 15 is 0 Å². The molecule has 1 aromatic heterocycles. The molecule has 0 radical (unpaired) electrons. The molecule has 1 heterocycles. The number of pyridine rings is 1. The molecule has 1 aliphatic rings. The average molecular weight is 333 g/mol. The molecular formula is C12H17BrN2O2S. The van der Waals surface area contributed by atoms with Gasteiger partial charge in [-0.15, -0.1) is 0 Å². The minimum absolute atomic E-state index is 0.175. The first-order chi connectivity index (χ1) is 8.66. The van der Waals surface area contributed by atoms with E-state index in [2.05, 4.69) is 20.9 Å². The zero-order valence-electron chi connectivity index (χ0n) is 10.1. The minimum Gasteiger partial charge on any atom is -0.263 e. The van der Waals surface area contributed by atoms with E-state index in [9.17, 15) is 8.42 Å². The topological polar surface area (TPSA) is 50.3 Å². The van der Waals surface area contributed by atoms with Gasteiger partial charge in [0.15, 0.2) is 0 Å². The van der Waals surface area contributed by atoms with Gasteiger partial charge >= 0.3 is 0 Å². The van der Waals surface area contributed by atoms with E-state index in [1.54, 1.807) is 22.6 Å². The summed E-state index contributed by atoms with van der Waals surface area (Å²) in [6, 6.07) is 3.45. The standard InChI is InChI=1S/C12H17BrN2O2S/c13-7-3-9-15(11-4-1-5-11)18(16,17)12-6-2-8-14-10-12/h2,6,8,10-11H,1,3-5,7,9H2. The van der Waals surface area contributed by atoms with Gasteiger partial charge in [-0.3, -0.25) is 4.98 Å². The monoisotopic (exact) mass is 332 g/mol. The summed E-state index contributed by atoms with van der Waals surface area (Å²) in [6.45, 7) is 0.577. The van der Waals surface area contributed by atoms with Crippen LogP contribution in [0.4, 0.5) is 0 Å². The molecule has 0 bridgehead atoms. The van der Waals surface area contributed by atoms with Crippen LogP contribution in [-0.2, 0) is 10.0 Å². The molecule has 2 rings (SSSR count). The van der Waals surface area contributed by atoms with Crippen molar-refractivity contribution in [2.45, 2.75) is 36.6 Å². The van der Waals surface area contributed by atoms with E-state index < -0.39 is 10.0 Å². The molecule has 6 heteroatoms. The number of nitrogens with zero attached hydrogens (tertiary/aromatic N) is 2. The van der Waals surface area contributed by atoms with Gasteiger partial charge in [-0.05, 0) is 31.4 Å². The highest BCUT2D eigenvalue weighted by molar-refractivity contribution is 9.09. The van der Waals surface area contributed by atoms with Crippen molar-refractivity contribution in [3.63, 3.8) is 0 Å². The fourth-order valence-corrected chi connectivity index (χ4v) is 3.96. The first-order valence-corrected chi connectivity index (χ1v) is 8.70. The molecule has 0 unspecified atom stereocenters. The average Bonchev–Trinajstić information content (AvgIpc) is 2.33. The van der Waals surface area contributed by atoms with Crippen LogP contribution < -0.4 is 0 Å². The number of rotatable bonds is 6. The normalized spacial score (nSPS) is 16.8. The van der Waals surface area contributed by atoms with E-state index in [1.165, 1.54) is 6.20 Å². The zero-order valence-corrected chi connectivity index (χ0v) is 12.5. The summed E-state index contributed by atoms with van der Waals surface area (Å²) in [5, 5.41) is 0.818. The van der Waals surface area contributed by atoms with Crippen LogP contribution in [-0.4, -0.2) is 35.6 Å². The number of halogens is 1. The highest BCUT2D eigenvalue weighted by Gasteiger charge is 2.34. The maximum absolute atomic E-state index is 12.5. The first-order valence-electron chi connectivity index (χ1n) is 6.14. The maximum Gasteiger partial charge on any atom is 0.244 e. The third-order valence-corrected chi connectivity index (χ3v) is 5.73. The summed E-state index contributed by atoms with van der Waals surface area (Å²) in [4.78, 5) is 4.20. The number of alkyl halides is 1. The van der Waals surface area contributed by atoms with Crippen LogP contribution in [0.1, 0.15) is 25.7 Å². The summed E-state index contributed by atoms with van der Waals surface area (Å²) >= 11 is 3.36. The molecular weight excluding hydrogens is 316 g/mol. The van der Waals surface area contributed by atoms with Gasteiger partial charge in [0.05, 0.1) is 0 Å². The Hall–Kier alpha value is -0.460. The van der Waals surface area contributed by atoms with Gasteiger partial charge in [-0.2, -0.15) is 4.31 Å². The van der Waals surface area contributed by atoms with Crippen molar-refractivity contribution in [2.75, 3.05) is 11.9 Å². The van der Waals surface area contributed by atoms with Gasteiger partial charge in [0, 0.05) is 30.3 Å². The van der Waals surface area contributed by atoms with E-state index in [1.807, 2.05) is 0 Å². The smallest absolute Gasteiger partial charge is 0.244 e. The lowest BCUT2D eigenvalue weighted by molar-refractivity contribution is 0.220. The third-order valence-electron chi connectivity index (χ3n) is 3.24. The molecule has 0 spiro atoms. The Kier molecular flexibility index (Phi) is 4.75. The largest absolute Gasteiger partial charge is 0.263 e. The van der Waals surface area contributed by atoms with Gasteiger partial charge in [0.25, 0.3) is 0 Å². The fraction of sp³-hybridized carbons (Fsp3) is 0.583. The van der Waals surface area contributed by atoms with E-state index in [-0.39, 0.29) is 6.04 Å². The lowest BCUT2D eigenvalue weighted by Gasteiger charge is -2.36. The van der Waals surface area contributed by atoms with Crippen LogP contribution in [0.2, 0.25) is 0 Å². The van der Waals surface area contributed by atoms with Crippen LogP contribution in [0.25, 0.3) is 0 Å². The van der Waals surface area contributed by atoms with Crippen LogP contribution >= 0.6 is 15.9 Å². The van der Waals surface area contributed by atoms with E-state index in [0.29, 0.717) is 11.4 Å². The Balaban J connectivity index is 2.23. The van der Waals surface area contributed by atoms with Crippen molar-refractivity contribution >= 4 is 26.0 Å². The third kappa shape index (κ3) is 2.92. The molecule has 4 nitrogen and oxygen atoms in total. The summed E-state index contributed by atoms with van der Waals surface area (Å²) in [6.07, 6.45) is 6.91. The molecule has 1 saturated carbocycles. The van der Waals surface area contributed by atoms with E-state index in [0.717, 1.165) is 31.0 Å². The Morgan fingerprint density at radius 2 is 2.22 bits per heavy atom. The lowest BCUT2D eigenvalue weighted by atomic mass is 9.93. The molecule has 0 atom stereocenters. The number of hydrogen-bond acceptors (Lipinski definition) is 3. The Morgan fingerprint density at radius 1 is 1.44 bits per heavy atom. The van der Waals surface area contributed by atoms with E-state index in [4.69, 9.17) is 0 Å². The van der Waals surface area contributed by atoms with Gasteiger partial charge in [-0.25, -0.2) is 8.42 Å². The zero-order chi connectivity index (χ0) is 13.0. The summed E-state index contributed by atoms with van der Waals surface area (Å²) in [5.41, 5.74) is 0. The summed E-state index contributed by atoms with van der Waals surface area (Å²) < 4.78 is 26.7. The molecule has 100 valence electrons. The van der Waals surface area contributed by atoms with Crippen LogP contribution in [0.3, 0.4) is 0 Å². The minimum atomic E-state index is -3.38. The van der Waals surface area contributed by atoms with Crippen LogP contribution in [0, 0.1) is 0 Å². The van der Waals surface area contributed by atoms with Gasteiger partial charge in [-0.1, -0.05) is 22.4 Å². The second-order valence-corrected chi connectivity index (χ2v) is 7.12. The van der Waals surface area contributed by atoms with Crippen molar-refractivity contribution < 1.29 is 8.42 Å². The maximum atomic E-state index is 12.5. The van der Waals surface area contributed by atoms with Crippen molar-refractivity contribution in [1.82, 2.24) is 9.29 Å². The van der Waals surface area contributed by atoms with Gasteiger partial charge in [0.2, 0.25) is 10.0 Å². The second kappa shape index (κ2) is 6.12. The SMILES string of the molecule is O=S(=O)(c1cccnc1)N(CCCBr)C1CCC1. The molecule has 0 aromatic carbocycles. The highest BCUT2D eigenvalue weighted by Crippen LogP contribution is 2.29. The first kappa shape index (κ1) is 14.0. The van der Waals surface area contributed by atoms with Crippen molar-refractivity contribution in [3.8, 4) is 0 Å². The Labute approximate surface area is 117 Å². The Bertz CT molecular complexity index is 474. The molecule has 0 amide bonds. The van der Waals surface area contributed by atoms with Gasteiger partial charge in [0.1, 0.15) is 4.90 Å². The predicted molar refractivity (Wildman–Crippen MR) is 74.2 cm³/mol. The van der Waals surface area contributed by atoms with Crippen LogP contribution in [0.5, 0.6) is 0 Å². The number of hydrogen-bond donors (Lipinski definition) is 0. The molecule has 1 aliphatic carbocycles. The molecule has 0 saturated heterocycles. The Morgan fingerprint density at radius 3 is 2.72 bits per heavy atom. The predicted octanol–water partition coefficient (Wildman–Crippen LogP) is 2.41. The molecule has 1 fully saturated rings. The molecule has 1 aromatic rings. The lowest BCUT2D eigenvalue weighted by Crippen LogP contribution is -2.44. The second-order valence-electron chi connectivity index (χ2n) is 4.43. The molecule has 0 aliphatic heterocycles. The molecule has 0 N–H and O–H groups in total. The summed E-state index contributed by atoms with van der Waals surface area (Å²) in [7, 11) is -3.38. The van der Waals surface area contributed by atoms with Crippen LogP contribution in [0.15, 0.2) is 29.4 Å². The van der Waals surface area contributed by atoms with Crippen molar-refractivity contribution in [1.29, 1.82) is 0 Å². The van der Waals surface area contributed by atoms with Gasteiger partial charge < -0.3 is 0 Å². The summed E-state index contributed by atoms with van der Waals surface area (Å²) in [5.74, 6) is 0. The fourth-order valence-electron chi connectivity index (χ4n) is 2.02.